The van der Waals surface area contributed by atoms with Crippen LogP contribution in [0.2, 0.25) is 0 Å². The highest BCUT2D eigenvalue weighted by Gasteiger charge is 2.40. The average molecular weight is 367 g/mol. The SMILES string of the molecule is COc1cc2c(C(=O)OCC34CCN(CC3)CC4)c[nH]c2cc1O.Cl. The van der Waals surface area contributed by atoms with Crippen LogP contribution >= 0.6 is 12.4 Å². The third-order valence-corrected chi connectivity index (χ3v) is 5.59. The van der Waals surface area contributed by atoms with E-state index in [0.717, 1.165) is 38.9 Å². The Labute approximate surface area is 152 Å². The van der Waals surface area contributed by atoms with Crippen molar-refractivity contribution in [1.29, 1.82) is 0 Å². The third kappa shape index (κ3) is 3.16. The Kier molecular flexibility index (Phi) is 4.84. The molecule has 25 heavy (non-hydrogen) atoms. The van der Waals surface area contributed by atoms with Gasteiger partial charge < -0.3 is 24.5 Å². The van der Waals surface area contributed by atoms with Gasteiger partial charge in [0, 0.05) is 23.1 Å². The van der Waals surface area contributed by atoms with Crippen LogP contribution in [-0.4, -0.2) is 54.3 Å². The average Bonchev–Trinajstić information content (AvgIpc) is 3.03. The number of benzene rings is 1. The van der Waals surface area contributed by atoms with E-state index in [1.54, 1.807) is 18.3 Å². The Balaban J connectivity index is 0.00000182. The first-order valence-electron chi connectivity index (χ1n) is 8.38. The number of carbonyl (C=O) groups is 1. The van der Waals surface area contributed by atoms with Crippen molar-refractivity contribution < 1.29 is 19.4 Å². The first-order valence-corrected chi connectivity index (χ1v) is 8.38. The summed E-state index contributed by atoms with van der Waals surface area (Å²) in [6, 6.07) is 3.22. The number of piperidine rings is 3. The lowest BCUT2D eigenvalue weighted by molar-refractivity contribution is -0.0304. The second-order valence-corrected chi connectivity index (χ2v) is 6.94. The van der Waals surface area contributed by atoms with Crippen LogP contribution in [0.1, 0.15) is 29.6 Å². The summed E-state index contributed by atoms with van der Waals surface area (Å²) in [6.07, 6.45) is 4.95. The standard InChI is InChI=1S/C18H22N2O4.ClH/c1-23-16-8-12-13(10-19-14(12)9-15(16)21)17(22)24-11-18-2-5-20(6-3-18)7-4-18;/h8-10,19,21H,2-7,11H2,1H3;1H. The molecule has 6 nitrogen and oxygen atoms in total. The van der Waals surface area contributed by atoms with Crippen molar-refractivity contribution in [2.45, 2.75) is 19.3 Å². The number of esters is 1. The Morgan fingerprint density at radius 2 is 1.96 bits per heavy atom. The van der Waals surface area contributed by atoms with Gasteiger partial charge in [-0.05, 0) is 45.0 Å². The van der Waals surface area contributed by atoms with E-state index in [4.69, 9.17) is 9.47 Å². The summed E-state index contributed by atoms with van der Waals surface area (Å²) in [4.78, 5) is 18.0. The maximum absolute atomic E-state index is 12.6. The van der Waals surface area contributed by atoms with Crippen molar-refractivity contribution in [3.63, 3.8) is 0 Å². The lowest BCUT2D eigenvalue weighted by Gasteiger charge is -2.47. The number of hydrogen-bond donors (Lipinski definition) is 2. The normalized spacial score (nSPS) is 24.8. The predicted octanol–water partition coefficient (Wildman–Crippen LogP) is 2.95. The van der Waals surface area contributed by atoms with Crippen molar-refractivity contribution in [1.82, 2.24) is 9.88 Å². The van der Waals surface area contributed by atoms with E-state index in [0.29, 0.717) is 28.8 Å². The summed E-state index contributed by atoms with van der Waals surface area (Å²) in [6.45, 7) is 3.82. The van der Waals surface area contributed by atoms with Crippen LogP contribution in [-0.2, 0) is 4.74 Å². The van der Waals surface area contributed by atoms with Gasteiger partial charge in [0.05, 0.1) is 24.8 Å². The minimum Gasteiger partial charge on any atom is -0.504 e. The van der Waals surface area contributed by atoms with Crippen LogP contribution in [0.4, 0.5) is 0 Å². The molecule has 0 spiro atoms. The summed E-state index contributed by atoms with van der Waals surface area (Å²) >= 11 is 0. The number of fused-ring (bicyclic) bond motifs is 4. The first-order chi connectivity index (χ1) is 11.6. The number of H-pyrrole nitrogens is 1. The first kappa shape index (κ1) is 17.9. The number of methoxy groups -OCH3 is 1. The van der Waals surface area contributed by atoms with Crippen molar-refractivity contribution in [3.8, 4) is 11.5 Å². The van der Waals surface area contributed by atoms with Crippen LogP contribution < -0.4 is 4.74 Å². The molecule has 5 rings (SSSR count). The number of phenols is 1. The predicted molar refractivity (Wildman–Crippen MR) is 96.8 cm³/mol. The molecule has 2 N–H and O–H groups in total. The molecule has 3 aliphatic rings. The van der Waals surface area contributed by atoms with Crippen LogP contribution in [0.5, 0.6) is 11.5 Å². The van der Waals surface area contributed by atoms with E-state index in [1.165, 1.54) is 7.11 Å². The van der Waals surface area contributed by atoms with E-state index in [2.05, 4.69) is 9.88 Å². The number of halogens is 1. The Hall–Kier alpha value is -1.92. The van der Waals surface area contributed by atoms with E-state index >= 15 is 0 Å². The van der Waals surface area contributed by atoms with Gasteiger partial charge in [0.1, 0.15) is 0 Å². The van der Waals surface area contributed by atoms with E-state index in [9.17, 15) is 9.90 Å². The number of rotatable bonds is 4. The highest BCUT2D eigenvalue weighted by Crippen LogP contribution is 2.40. The molecule has 2 bridgehead atoms. The van der Waals surface area contributed by atoms with Gasteiger partial charge in [-0.25, -0.2) is 4.79 Å². The molecule has 1 aromatic heterocycles. The fraction of sp³-hybridized carbons (Fsp3) is 0.500. The summed E-state index contributed by atoms with van der Waals surface area (Å²) in [5.74, 6) is 0.0605. The lowest BCUT2D eigenvalue weighted by atomic mass is 9.73. The van der Waals surface area contributed by atoms with E-state index < -0.39 is 0 Å². The lowest BCUT2D eigenvalue weighted by Crippen LogP contribution is -2.50. The maximum atomic E-state index is 12.6. The molecule has 0 unspecified atom stereocenters. The minimum absolute atomic E-state index is 0. The largest absolute Gasteiger partial charge is 0.504 e. The van der Waals surface area contributed by atoms with Gasteiger partial charge in [0.15, 0.2) is 11.5 Å². The smallest absolute Gasteiger partial charge is 0.340 e. The number of aromatic nitrogens is 1. The van der Waals surface area contributed by atoms with Crippen LogP contribution in [0.25, 0.3) is 10.9 Å². The molecular formula is C18H23ClN2O4. The molecule has 7 heteroatoms. The van der Waals surface area contributed by atoms with Crippen molar-refractivity contribution in [2.24, 2.45) is 5.41 Å². The van der Waals surface area contributed by atoms with Gasteiger partial charge in [0.25, 0.3) is 0 Å². The van der Waals surface area contributed by atoms with Crippen molar-refractivity contribution >= 4 is 29.3 Å². The fourth-order valence-corrected chi connectivity index (χ4v) is 3.88. The zero-order valence-corrected chi connectivity index (χ0v) is 15.0. The quantitative estimate of drug-likeness (QED) is 0.814. The highest BCUT2D eigenvalue weighted by atomic mass is 35.5. The molecule has 2 aromatic rings. The molecule has 0 atom stereocenters. The van der Waals surface area contributed by atoms with Crippen molar-refractivity contribution in [2.75, 3.05) is 33.4 Å². The van der Waals surface area contributed by atoms with Crippen LogP contribution in [0.15, 0.2) is 18.3 Å². The summed E-state index contributed by atoms with van der Waals surface area (Å²) in [7, 11) is 1.49. The minimum atomic E-state index is -0.323. The maximum Gasteiger partial charge on any atom is 0.340 e. The monoisotopic (exact) mass is 366 g/mol. The summed E-state index contributed by atoms with van der Waals surface area (Å²) in [5.41, 5.74) is 1.32. The van der Waals surface area contributed by atoms with Gasteiger partial charge in [-0.2, -0.15) is 0 Å². The molecule has 0 aliphatic carbocycles. The van der Waals surface area contributed by atoms with E-state index in [1.807, 2.05) is 0 Å². The van der Waals surface area contributed by atoms with E-state index in [-0.39, 0.29) is 29.5 Å². The number of aromatic hydroxyl groups is 1. The number of nitrogens with one attached hydrogen (secondary N) is 1. The summed E-state index contributed by atoms with van der Waals surface area (Å²) < 4.78 is 10.8. The second kappa shape index (κ2) is 6.77. The molecule has 3 aliphatic heterocycles. The number of phenolic OH excluding ortho intramolecular Hbond substituents is 1. The Bertz CT molecular complexity index is 767. The topological polar surface area (TPSA) is 74.8 Å². The molecule has 0 amide bonds. The van der Waals surface area contributed by atoms with Crippen LogP contribution in [0.3, 0.4) is 0 Å². The van der Waals surface area contributed by atoms with Crippen LogP contribution in [0, 0.1) is 5.41 Å². The number of hydrogen-bond acceptors (Lipinski definition) is 5. The number of ether oxygens (including phenoxy) is 2. The Morgan fingerprint density at radius 3 is 2.60 bits per heavy atom. The number of aromatic amines is 1. The van der Waals surface area contributed by atoms with Gasteiger partial charge in [-0.3, -0.25) is 0 Å². The zero-order chi connectivity index (χ0) is 16.7. The molecule has 1 aromatic carbocycles. The van der Waals surface area contributed by atoms with Gasteiger partial charge in [-0.1, -0.05) is 0 Å². The van der Waals surface area contributed by atoms with Gasteiger partial charge in [0.2, 0.25) is 0 Å². The molecule has 4 heterocycles. The highest BCUT2D eigenvalue weighted by molar-refractivity contribution is 6.04. The second-order valence-electron chi connectivity index (χ2n) is 6.94. The van der Waals surface area contributed by atoms with Gasteiger partial charge >= 0.3 is 5.97 Å². The Morgan fingerprint density at radius 1 is 1.28 bits per heavy atom. The molecular weight excluding hydrogens is 344 g/mol. The van der Waals surface area contributed by atoms with Crippen molar-refractivity contribution in [3.05, 3.63) is 23.9 Å². The molecule has 0 saturated carbocycles. The molecule has 3 fully saturated rings. The van der Waals surface area contributed by atoms with Gasteiger partial charge in [-0.15, -0.1) is 12.4 Å². The number of carbonyl (C=O) groups excluding carboxylic acids is 1. The third-order valence-electron chi connectivity index (χ3n) is 5.59. The summed E-state index contributed by atoms with van der Waals surface area (Å²) in [5, 5.41) is 10.5. The number of nitrogens with zero attached hydrogens (tertiary/aromatic N) is 1. The molecule has 136 valence electrons. The zero-order valence-electron chi connectivity index (χ0n) is 14.2. The fourth-order valence-electron chi connectivity index (χ4n) is 3.88. The molecule has 0 radical (unpaired) electrons. The molecule has 3 saturated heterocycles.